The zero-order valence-corrected chi connectivity index (χ0v) is 11.6. The Hall–Kier alpha value is -2.49. The van der Waals surface area contributed by atoms with Crippen LogP contribution in [0, 0.1) is 13.8 Å². The van der Waals surface area contributed by atoms with Crippen LogP contribution in [0.3, 0.4) is 0 Å². The summed E-state index contributed by atoms with van der Waals surface area (Å²) in [5, 5.41) is 11.7. The van der Waals surface area contributed by atoms with Gasteiger partial charge in [-0.2, -0.15) is 0 Å². The lowest BCUT2D eigenvalue weighted by molar-refractivity contribution is 0.304. The van der Waals surface area contributed by atoms with Crippen molar-refractivity contribution < 1.29 is 9.94 Å². The van der Waals surface area contributed by atoms with E-state index in [9.17, 15) is 0 Å². The first-order chi connectivity index (χ1) is 9.60. The Labute approximate surface area is 118 Å². The molecule has 0 saturated carbocycles. The third-order valence-corrected chi connectivity index (χ3v) is 3.07. The molecule has 2 aromatic rings. The van der Waals surface area contributed by atoms with E-state index in [0.717, 1.165) is 22.4 Å². The lowest BCUT2D eigenvalue weighted by Crippen LogP contribution is -2.13. The van der Waals surface area contributed by atoms with Gasteiger partial charge in [0.25, 0.3) is 0 Å². The van der Waals surface area contributed by atoms with Crippen molar-refractivity contribution in [3.63, 3.8) is 0 Å². The maximum Gasteiger partial charge on any atom is 0.170 e. The van der Waals surface area contributed by atoms with Crippen LogP contribution in [0.1, 0.15) is 22.3 Å². The van der Waals surface area contributed by atoms with Crippen molar-refractivity contribution in [2.45, 2.75) is 20.5 Å². The van der Waals surface area contributed by atoms with Crippen LogP contribution in [0.2, 0.25) is 0 Å². The quantitative estimate of drug-likeness (QED) is 0.388. The summed E-state index contributed by atoms with van der Waals surface area (Å²) in [7, 11) is 0. The number of hydrogen-bond donors (Lipinski definition) is 2. The summed E-state index contributed by atoms with van der Waals surface area (Å²) in [6, 6.07) is 13.5. The SMILES string of the molecule is Cc1ccc(C)c(OCc2cccc(/C(N)=N/O)c2)c1. The van der Waals surface area contributed by atoms with E-state index < -0.39 is 0 Å². The lowest BCUT2D eigenvalue weighted by Gasteiger charge is -2.10. The molecule has 0 heterocycles. The average molecular weight is 270 g/mol. The molecule has 0 aromatic heterocycles. The zero-order valence-electron chi connectivity index (χ0n) is 11.6. The molecule has 104 valence electrons. The number of nitrogens with zero attached hydrogens (tertiary/aromatic N) is 1. The molecule has 4 heteroatoms. The van der Waals surface area contributed by atoms with E-state index in [2.05, 4.69) is 11.2 Å². The number of aryl methyl sites for hydroxylation is 2. The number of amidine groups is 1. The molecule has 0 saturated heterocycles. The van der Waals surface area contributed by atoms with Crippen LogP contribution in [0.4, 0.5) is 0 Å². The van der Waals surface area contributed by atoms with Crippen molar-refractivity contribution in [2.24, 2.45) is 10.9 Å². The second-order valence-electron chi connectivity index (χ2n) is 4.74. The molecule has 0 aliphatic rings. The summed E-state index contributed by atoms with van der Waals surface area (Å²) in [6.07, 6.45) is 0. The standard InChI is InChI=1S/C16H18N2O2/c1-11-6-7-12(2)15(8-11)20-10-13-4-3-5-14(9-13)16(17)18-19/h3-9,19H,10H2,1-2H3,(H2,17,18). The molecule has 2 rings (SSSR count). The first kappa shape index (κ1) is 13.9. The van der Waals surface area contributed by atoms with Crippen LogP contribution in [-0.2, 0) is 6.61 Å². The lowest BCUT2D eigenvalue weighted by atomic mass is 10.1. The van der Waals surface area contributed by atoms with Gasteiger partial charge in [-0.05, 0) is 42.7 Å². The van der Waals surface area contributed by atoms with Crippen LogP contribution in [0.25, 0.3) is 0 Å². The van der Waals surface area contributed by atoms with Gasteiger partial charge in [-0.3, -0.25) is 0 Å². The fraction of sp³-hybridized carbons (Fsp3) is 0.188. The number of oxime groups is 1. The second kappa shape index (κ2) is 6.10. The predicted molar refractivity (Wildman–Crippen MR) is 79.2 cm³/mol. The zero-order chi connectivity index (χ0) is 14.5. The van der Waals surface area contributed by atoms with Gasteiger partial charge < -0.3 is 15.7 Å². The molecule has 0 spiro atoms. The summed E-state index contributed by atoms with van der Waals surface area (Å²) >= 11 is 0. The maximum atomic E-state index is 8.69. The first-order valence-electron chi connectivity index (χ1n) is 6.37. The van der Waals surface area contributed by atoms with Gasteiger partial charge in [0.15, 0.2) is 5.84 Å². The van der Waals surface area contributed by atoms with Gasteiger partial charge >= 0.3 is 0 Å². The minimum atomic E-state index is 0.0959. The van der Waals surface area contributed by atoms with Gasteiger partial charge in [0.2, 0.25) is 0 Å². The van der Waals surface area contributed by atoms with Crippen molar-refractivity contribution in [3.8, 4) is 5.75 Å². The van der Waals surface area contributed by atoms with Gasteiger partial charge in [0.1, 0.15) is 12.4 Å². The number of rotatable bonds is 4. The van der Waals surface area contributed by atoms with E-state index in [-0.39, 0.29) is 5.84 Å². The summed E-state index contributed by atoms with van der Waals surface area (Å²) in [4.78, 5) is 0. The number of hydrogen-bond acceptors (Lipinski definition) is 3. The Kier molecular flexibility index (Phi) is 4.25. The summed E-state index contributed by atoms with van der Waals surface area (Å²) < 4.78 is 5.83. The predicted octanol–water partition coefficient (Wildman–Crippen LogP) is 2.98. The van der Waals surface area contributed by atoms with Gasteiger partial charge in [-0.25, -0.2) is 0 Å². The first-order valence-corrected chi connectivity index (χ1v) is 6.37. The molecular weight excluding hydrogens is 252 g/mol. The second-order valence-corrected chi connectivity index (χ2v) is 4.74. The van der Waals surface area contributed by atoms with E-state index in [4.69, 9.17) is 15.7 Å². The van der Waals surface area contributed by atoms with Crippen LogP contribution >= 0.6 is 0 Å². The molecule has 0 atom stereocenters. The molecule has 0 aliphatic carbocycles. The van der Waals surface area contributed by atoms with Crippen LogP contribution in [0.15, 0.2) is 47.6 Å². The molecule has 20 heavy (non-hydrogen) atoms. The molecule has 2 aromatic carbocycles. The fourth-order valence-corrected chi connectivity index (χ4v) is 1.90. The average Bonchev–Trinajstić information content (AvgIpc) is 2.47. The highest BCUT2D eigenvalue weighted by molar-refractivity contribution is 5.97. The van der Waals surface area contributed by atoms with Crippen molar-refractivity contribution in [2.75, 3.05) is 0 Å². The van der Waals surface area contributed by atoms with Gasteiger partial charge in [-0.15, -0.1) is 0 Å². The van der Waals surface area contributed by atoms with Gasteiger partial charge in [0, 0.05) is 5.56 Å². The maximum absolute atomic E-state index is 8.69. The monoisotopic (exact) mass is 270 g/mol. The smallest absolute Gasteiger partial charge is 0.170 e. The fourth-order valence-electron chi connectivity index (χ4n) is 1.90. The van der Waals surface area contributed by atoms with Crippen LogP contribution in [0.5, 0.6) is 5.75 Å². The Balaban J connectivity index is 2.13. The molecular formula is C16H18N2O2. The molecule has 4 nitrogen and oxygen atoms in total. The number of nitrogens with two attached hydrogens (primary N) is 1. The van der Waals surface area contributed by atoms with E-state index in [1.54, 1.807) is 6.07 Å². The third kappa shape index (κ3) is 3.29. The van der Waals surface area contributed by atoms with Crippen molar-refractivity contribution in [1.82, 2.24) is 0 Å². The Morgan fingerprint density at radius 3 is 2.75 bits per heavy atom. The van der Waals surface area contributed by atoms with E-state index >= 15 is 0 Å². The van der Waals surface area contributed by atoms with E-state index in [1.807, 2.05) is 44.2 Å². The summed E-state index contributed by atoms with van der Waals surface area (Å²) in [5.41, 5.74) is 9.48. The van der Waals surface area contributed by atoms with Crippen LogP contribution in [-0.4, -0.2) is 11.0 Å². The molecule has 0 radical (unpaired) electrons. The Morgan fingerprint density at radius 1 is 1.20 bits per heavy atom. The molecule has 3 N–H and O–H groups in total. The molecule has 0 unspecified atom stereocenters. The topological polar surface area (TPSA) is 67.8 Å². The molecule has 0 aliphatic heterocycles. The minimum Gasteiger partial charge on any atom is -0.489 e. The normalized spacial score (nSPS) is 11.4. The highest BCUT2D eigenvalue weighted by atomic mass is 16.5. The number of benzene rings is 2. The number of ether oxygens (including phenoxy) is 1. The van der Waals surface area contributed by atoms with Crippen LogP contribution < -0.4 is 10.5 Å². The van der Waals surface area contributed by atoms with Gasteiger partial charge in [-0.1, -0.05) is 35.5 Å². The van der Waals surface area contributed by atoms with Crippen molar-refractivity contribution >= 4 is 5.84 Å². The highest BCUT2D eigenvalue weighted by Crippen LogP contribution is 2.20. The molecule has 0 bridgehead atoms. The summed E-state index contributed by atoms with van der Waals surface area (Å²) in [6.45, 7) is 4.49. The van der Waals surface area contributed by atoms with Crippen molar-refractivity contribution in [3.05, 3.63) is 64.7 Å². The Bertz CT molecular complexity index is 636. The van der Waals surface area contributed by atoms with Crippen molar-refractivity contribution in [1.29, 1.82) is 0 Å². The largest absolute Gasteiger partial charge is 0.489 e. The van der Waals surface area contributed by atoms with E-state index in [0.29, 0.717) is 12.2 Å². The summed E-state index contributed by atoms with van der Waals surface area (Å²) in [5.74, 6) is 0.970. The van der Waals surface area contributed by atoms with E-state index in [1.165, 1.54) is 0 Å². The highest BCUT2D eigenvalue weighted by Gasteiger charge is 2.03. The molecule has 0 amide bonds. The molecule has 0 fully saturated rings. The minimum absolute atomic E-state index is 0.0959. The Morgan fingerprint density at radius 2 is 2.00 bits per heavy atom. The van der Waals surface area contributed by atoms with Gasteiger partial charge in [0.05, 0.1) is 0 Å². The third-order valence-electron chi connectivity index (χ3n) is 3.07.